The van der Waals surface area contributed by atoms with Crippen LogP contribution in [0, 0.1) is 0 Å². The van der Waals surface area contributed by atoms with Gasteiger partial charge in [-0.2, -0.15) is 0 Å². The Morgan fingerprint density at radius 2 is 2.10 bits per heavy atom. The Labute approximate surface area is 127 Å². The van der Waals surface area contributed by atoms with Gasteiger partial charge in [-0.3, -0.25) is 4.79 Å². The molecule has 0 aromatic rings. The number of amides is 2. The zero-order valence-electron chi connectivity index (χ0n) is 11.6. The van der Waals surface area contributed by atoms with Crippen molar-refractivity contribution in [3.05, 3.63) is 10.6 Å². The fourth-order valence-corrected chi connectivity index (χ4v) is 3.19. The number of hydrogen-bond acceptors (Lipinski definition) is 2. The molecule has 5 nitrogen and oxygen atoms in total. The van der Waals surface area contributed by atoms with E-state index in [-0.39, 0.29) is 18.5 Å². The standard InChI is InChI=1S/C14H21BrN2O3/c15-11-5-8-16(9-6-11)14(20)17(10-7-13(18)19)12-3-1-2-4-12/h5,12H,1-4,6-10H2,(H,18,19). The Morgan fingerprint density at radius 1 is 1.40 bits per heavy atom. The van der Waals surface area contributed by atoms with Crippen LogP contribution in [-0.4, -0.2) is 52.6 Å². The zero-order valence-corrected chi connectivity index (χ0v) is 13.1. The first-order valence-electron chi connectivity index (χ1n) is 7.20. The molecule has 2 aliphatic rings. The molecule has 1 aliphatic carbocycles. The molecule has 1 fully saturated rings. The summed E-state index contributed by atoms with van der Waals surface area (Å²) in [7, 11) is 0. The summed E-state index contributed by atoms with van der Waals surface area (Å²) < 4.78 is 1.14. The van der Waals surface area contributed by atoms with Gasteiger partial charge in [-0.25, -0.2) is 4.79 Å². The minimum Gasteiger partial charge on any atom is -0.481 e. The molecule has 1 aliphatic heterocycles. The van der Waals surface area contributed by atoms with Gasteiger partial charge in [-0.05, 0) is 23.7 Å². The molecule has 0 saturated heterocycles. The second kappa shape index (κ2) is 7.11. The van der Waals surface area contributed by atoms with Gasteiger partial charge in [0.05, 0.1) is 6.42 Å². The van der Waals surface area contributed by atoms with Crippen LogP contribution in [0.1, 0.15) is 38.5 Å². The van der Waals surface area contributed by atoms with Crippen molar-refractivity contribution in [3.8, 4) is 0 Å². The van der Waals surface area contributed by atoms with E-state index >= 15 is 0 Å². The number of carbonyl (C=O) groups is 2. The average Bonchev–Trinajstić information content (AvgIpc) is 2.93. The van der Waals surface area contributed by atoms with Crippen LogP contribution in [0.3, 0.4) is 0 Å². The number of urea groups is 1. The highest BCUT2D eigenvalue weighted by atomic mass is 79.9. The highest BCUT2D eigenvalue weighted by molar-refractivity contribution is 9.11. The lowest BCUT2D eigenvalue weighted by atomic mass is 10.2. The third kappa shape index (κ3) is 3.98. The monoisotopic (exact) mass is 344 g/mol. The molecule has 0 aromatic carbocycles. The van der Waals surface area contributed by atoms with Crippen molar-refractivity contribution in [2.75, 3.05) is 19.6 Å². The summed E-state index contributed by atoms with van der Waals surface area (Å²) >= 11 is 3.45. The third-order valence-electron chi connectivity index (χ3n) is 4.00. The highest BCUT2D eigenvalue weighted by Crippen LogP contribution is 2.26. The second-order valence-electron chi connectivity index (χ2n) is 5.40. The van der Waals surface area contributed by atoms with Gasteiger partial charge in [0.1, 0.15) is 0 Å². The van der Waals surface area contributed by atoms with E-state index in [0.29, 0.717) is 19.6 Å². The van der Waals surface area contributed by atoms with Crippen LogP contribution in [0.2, 0.25) is 0 Å². The zero-order chi connectivity index (χ0) is 14.5. The van der Waals surface area contributed by atoms with Crippen LogP contribution in [0.25, 0.3) is 0 Å². The van der Waals surface area contributed by atoms with Crippen molar-refractivity contribution < 1.29 is 14.7 Å². The van der Waals surface area contributed by atoms with E-state index in [2.05, 4.69) is 15.9 Å². The number of halogens is 1. The van der Waals surface area contributed by atoms with Gasteiger partial charge in [-0.15, -0.1) is 0 Å². The van der Waals surface area contributed by atoms with E-state index in [9.17, 15) is 9.59 Å². The molecule has 1 saturated carbocycles. The van der Waals surface area contributed by atoms with Gasteiger partial charge in [0.15, 0.2) is 0 Å². The predicted molar refractivity (Wildman–Crippen MR) is 79.8 cm³/mol. The van der Waals surface area contributed by atoms with Gasteiger partial charge in [0.25, 0.3) is 0 Å². The lowest BCUT2D eigenvalue weighted by Crippen LogP contribution is -2.49. The van der Waals surface area contributed by atoms with E-state index < -0.39 is 5.97 Å². The summed E-state index contributed by atoms with van der Waals surface area (Å²) in [6.07, 6.45) is 7.13. The minimum atomic E-state index is -0.845. The Kier molecular flexibility index (Phi) is 5.46. The molecule has 0 unspecified atom stereocenters. The molecule has 0 spiro atoms. The number of carbonyl (C=O) groups excluding carboxylic acids is 1. The van der Waals surface area contributed by atoms with E-state index in [1.54, 1.807) is 4.90 Å². The molecule has 0 atom stereocenters. The number of hydrogen-bond donors (Lipinski definition) is 1. The topological polar surface area (TPSA) is 60.9 Å². The van der Waals surface area contributed by atoms with Crippen LogP contribution in [0.5, 0.6) is 0 Å². The van der Waals surface area contributed by atoms with E-state index in [0.717, 1.165) is 36.6 Å². The van der Waals surface area contributed by atoms with Gasteiger partial charge >= 0.3 is 12.0 Å². The first kappa shape index (κ1) is 15.4. The van der Waals surface area contributed by atoms with Crippen LogP contribution in [-0.2, 0) is 4.79 Å². The van der Waals surface area contributed by atoms with Crippen molar-refractivity contribution in [3.63, 3.8) is 0 Å². The quantitative estimate of drug-likeness (QED) is 0.852. The number of rotatable bonds is 4. The summed E-state index contributed by atoms with van der Waals surface area (Å²) in [5, 5.41) is 8.86. The van der Waals surface area contributed by atoms with Crippen molar-refractivity contribution >= 4 is 27.9 Å². The van der Waals surface area contributed by atoms with Gasteiger partial charge in [0, 0.05) is 25.7 Å². The van der Waals surface area contributed by atoms with Crippen molar-refractivity contribution in [2.24, 2.45) is 0 Å². The lowest BCUT2D eigenvalue weighted by Gasteiger charge is -2.35. The molecule has 0 aromatic heterocycles. The fraction of sp³-hybridized carbons (Fsp3) is 0.714. The predicted octanol–water partition coefficient (Wildman–Crippen LogP) is 2.81. The molecule has 6 heteroatoms. The summed E-state index contributed by atoms with van der Waals surface area (Å²) in [6.45, 7) is 1.63. The summed E-state index contributed by atoms with van der Waals surface area (Å²) in [4.78, 5) is 27.0. The normalized spacial score (nSPS) is 19.9. The van der Waals surface area contributed by atoms with Crippen molar-refractivity contribution in [2.45, 2.75) is 44.6 Å². The molecular weight excluding hydrogens is 324 g/mol. The van der Waals surface area contributed by atoms with E-state index in [1.165, 1.54) is 0 Å². The molecule has 1 N–H and O–H groups in total. The molecule has 1 heterocycles. The van der Waals surface area contributed by atoms with Gasteiger partial charge in [-0.1, -0.05) is 34.8 Å². The number of carboxylic acid groups (broad SMARTS) is 1. The molecule has 2 rings (SSSR count). The third-order valence-corrected chi connectivity index (χ3v) is 4.72. The summed E-state index contributed by atoms with van der Waals surface area (Å²) in [5.41, 5.74) is 0. The maximum atomic E-state index is 12.6. The molecule has 0 radical (unpaired) electrons. The maximum Gasteiger partial charge on any atom is 0.320 e. The Hall–Kier alpha value is -1.04. The molecule has 0 bridgehead atoms. The summed E-state index contributed by atoms with van der Waals surface area (Å²) in [6, 6.07) is 0.214. The van der Waals surface area contributed by atoms with Gasteiger partial charge in [0.2, 0.25) is 0 Å². The van der Waals surface area contributed by atoms with Crippen molar-refractivity contribution in [1.29, 1.82) is 0 Å². The Balaban J connectivity index is 2.00. The van der Waals surface area contributed by atoms with Gasteiger partial charge < -0.3 is 14.9 Å². The second-order valence-corrected chi connectivity index (χ2v) is 6.42. The molecule has 112 valence electrons. The number of nitrogens with zero attached hydrogens (tertiary/aromatic N) is 2. The molecular formula is C14H21BrN2O3. The van der Waals surface area contributed by atoms with Crippen LogP contribution in [0.15, 0.2) is 10.6 Å². The summed E-state index contributed by atoms with van der Waals surface area (Å²) in [5.74, 6) is -0.845. The average molecular weight is 345 g/mol. The Bertz CT molecular complexity index is 405. The van der Waals surface area contributed by atoms with E-state index in [1.807, 2.05) is 11.0 Å². The van der Waals surface area contributed by atoms with Crippen LogP contribution < -0.4 is 0 Å². The number of carboxylic acids is 1. The van der Waals surface area contributed by atoms with Crippen LogP contribution in [0.4, 0.5) is 4.79 Å². The SMILES string of the molecule is O=C(O)CCN(C(=O)N1CC=C(Br)CC1)C1CCCC1. The maximum absolute atomic E-state index is 12.6. The smallest absolute Gasteiger partial charge is 0.320 e. The fourth-order valence-electron chi connectivity index (χ4n) is 2.87. The van der Waals surface area contributed by atoms with E-state index in [4.69, 9.17) is 5.11 Å². The molecule has 2 amide bonds. The lowest BCUT2D eigenvalue weighted by molar-refractivity contribution is -0.137. The number of aliphatic carboxylic acids is 1. The minimum absolute atomic E-state index is 0.00519. The largest absolute Gasteiger partial charge is 0.481 e. The molecule has 20 heavy (non-hydrogen) atoms. The highest BCUT2D eigenvalue weighted by Gasteiger charge is 2.30. The first-order chi connectivity index (χ1) is 9.58. The van der Waals surface area contributed by atoms with Crippen LogP contribution >= 0.6 is 15.9 Å². The first-order valence-corrected chi connectivity index (χ1v) is 7.99. The van der Waals surface area contributed by atoms with Crippen molar-refractivity contribution in [1.82, 2.24) is 9.80 Å². The Morgan fingerprint density at radius 3 is 2.65 bits per heavy atom.